The third-order valence-corrected chi connectivity index (χ3v) is 1.66. The normalized spacial score (nSPS) is 8.17. The third-order valence-electron chi connectivity index (χ3n) is 1.66. The zero-order chi connectivity index (χ0) is 8.36. The van der Waals surface area contributed by atoms with Gasteiger partial charge in [-0.05, 0) is 12.8 Å². The van der Waals surface area contributed by atoms with E-state index in [1.165, 1.54) is 32.1 Å². The Kier molecular flexibility index (Phi) is 16.8. The molecule has 0 atom stereocenters. The number of hydrogen-bond acceptors (Lipinski definition) is 0. The molecule has 0 aromatic rings. The van der Waals surface area contributed by atoms with Crippen LogP contribution >= 0.6 is 0 Å². The van der Waals surface area contributed by atoms with Crippen LogP contribution in [0.25, 0.3) is 0 Å². The van der Waals surface area contributed by atoms with Crippen molar-refractivity contribution in [2.45, 2.75) is 58.8 Å². The second kappa shape index (κ2) is 13.8. The molecule has 0 N–H and O–H groups in total. The van der Waals surface area contributed by atoms with Crippen molar-refractivity contribution < 1.29 is 19.5 Å². The smallest absolute Gasteiger partial charge is 0.00886 e. The summed E-state index contributed by atoms with van der Waals surface area (Å²) in [5, 5.41) is 0. The molecule has 1 heteroatoms. The summed E-state index contributed by atoms with van der Waals surface area (Å²) < 4.78 is 0. The Morgan fingerprint density at radius 3 is 2.00 bits per heavy atom. The first kappa shape index (κ1) is 14.7. The van der Waals surface area contributed by atoms with Gasteiger partial charge in [-0.15, -0.1) is 11.8 Å². The molecule has 0 spiro atoms. The molecule has 0 aromatic heterocycles. The molecule has 66 valence electrons. The van der Waals surface area contributed by atoms with Crippen LogP contribution in [0.15, 0.2) is 0 Å². The van der Waals surface area contributed by atoms with Crippen molar-refractivity contribution in [1.29, 1.82) is 0 Å². The van der Waals surface area contributed by atoms with E-state index in [9.17, 15) is 0 Å². The second-order valence-electron chi connectivity index (χ2n) is 2.91. The summed E-state index contributed by atoms with van der Waals surface area (Å²) in [5.74, 6) is 6.36. The molecule has 0 fully saturated rings. The molecule has 0 saturated carbocycles. The van der Waals surface area contributed by atoms with Gasteiger partial charge in [-0.1, -0.05) is 33.1 Å². The molecule has 0 aliphatic rings. The summed E-state index contributed by atoms with van der Waals surface area (Å²) in [6.45, 7) is 4.41. The van der Waals surface area contributed by atoms with Crippen molar-refractivity contribution in [1.82, 2.24) is 0 Å². The first-order chi connectivity index (χ1) is 5.41. The largest absolute Gasteiger partial charge is 0.103 e. The second-order valence-corrected chi connectivity index (χ2v) is 2.91. The van der Waals surface area contributed by atoms with E-state index in [0.717, 1.165) is 12.8 Å². The van der Waals surface area contributed by atoms with Gasteiger partial charge in [0.15, 0.2) is 0 Å². The first-order valence-electron chi connectivity index (χ1n) is 4.87. The standard InChI is InChI=1S/C11H20.Zn/c1-3-5-7-9-11-10-8-6-4-2;/h3-7,9,11H2,1-2H3;. The van der Waals surface area contributed by atoms with Gasteiger partial charge in [0.2, 0.25) is 0 Å². The molecule has 0 nitrogen and oxygen atoms in total. The van der Waals surface area contributed by atoms with E-state index in [0.29, 0.717) is 0 Å². The Morgan fingerprint density at radius 2 is 1.42 bits per heavy atom. The molecule has 0 bridgehead atoms. The summed E-state index contributed by atoms with van der Waals surface area (Å²) in [7, 11) is 0. The molecule has 0 aliphatic carbocycles. The van der Waals surface area contributed by atoms with Crippen LogP contribution in [-0.4, -0.2) is 0 Å². The van der Waals surface area contributed by atoms with Crippen LogP contribution in [0, 0.1) is 11.8 Å². The Bertz CT molecular complexity index is 119. The zero-order valence-electron chi connectivity index (χ0n) is 8.66. The summed E-state index contributed by atoms with van der Waals surface area (Å²) in [6.07, 6.45) is 8.73. The average molecular weight is 218 g/mol. The molecule has 0 saturated heterocycles. The van der Waals surface area contributed by atoms with Crippen LogP contribution in [0.3, 0.4) is 0 Å². The number of unbranched alkanes of at least 4 members (excludes halogenated alkanes) is 5. The van der Waals surface area contributed by atoms with E-state index in [4.69, 9.17) is 0 Å². The van der Waals surface area contributed by atoms with Crippen molar-refractivity contribution in [2.75, 3.05) is 0 Å². The van der Waals surface area contributed by atoms with Crippen molar-refractivity contribution in [3.05, 3.63) is 0 Å². The Hall–Kier alpha value is 0.183. The van der Waals surface area contributed by atoms with Crippen LogP contribution in [0.4, 0.5) is 0 Å². The molecule has 0 unspecified atom stereocenters. The average Bonchev–Trinajstić information content (AvgIpc) is 2.03. The molecular weight excluding hydrogens is 198 g/mol. The minimum absolute atomic E-state index is 0. The molecule has 0 rings (SSSR count). The van der Waals surface area contributed by atoms with E-state index in [2.05, 4.69) is 25.7 Å². The SMILES string of the molecule is CCCC#CCCCCCC.[Zn]. The van der Waals surface area contributed by atoms with Crippen LogP contribution in [0.1, 0.15) is 58.8 Å². The molecular formula is C11H20Zn. The summed E-state index contributed by atoms with van der Waals surface area (Å²) >= 11 is 0. The van der Waals surface area contributed by atoms with Gasteiger partial charge in [0, 0.05) is 32.3 Å². The first-order valence-corrected chi connectivity index (χ1v) is 4.87. The predicted octanol–water partition coefficient (Wildman–Crippen LogP) is 3.76. The van der Waals surface area contributed by atoms with Crippen LogP contribution < -0.4 is 0 Å². The Morgan fingerprint density at radius 1 is 0.750 bits per heavy atom. The van der Waals surface area contributed by atoms with E-state index in [1.54, 1.807) is 0 Å². The van der Waals surface area contributed by atoms with Crippen LogP contribution in [0.2, 0.25) is 0 Å². The van der Waals surface area contributed by atoms with Crippen LogP contribution in [0.5, 0.6) is 0 Å². The van der Waals surface area contributed by atoms with Gasteiger partial charge in [0.25, 0.3) is 0 Å². The van der Waals surface area contributed by atoms with E-state index >= 15 is 0 Å². The maximum atomic E-state index is 3.20. The third kappa shape index (κ3) is 12.8. The number of hydrogen-bond donors (Lipinski definition) is 0. The van der Waals surface area contributed by atoms with E-state index < -0.39 is 0 Å². The van der Waals surface area contributed by atoms with Crippen LogP contribution in [-0.2, 0) is 19.5 Å². The maximum absolute atomic E-state index is 3.20. The van der Waals surface area contributed by atoms with Gasteiger partial charge in [0.05, 0.1) is 0 Å². The zero-order valence-corrected chi connectivity index (χ0v) is 11.6. The molecule has 0 aliphatic heterocycles. The van der Waals surface area contributed by atoms with E-state index in [1.807, 2.05) is 0 Å². The molecule has 12 heavy (non-hydrogen) atoms. The molecule has 0 heterocycles. The molecule has 0 radical (unpaired) electrons. The predicted molar refractivity (Wildman–Crippen MR) is 51.4 cm³/mol. The Balaban J connectivity index is 0. The number of rotatable bonds is 5. The van der Waals surface area contributed by atoms with E-state index in [-0.39, 0.29) is 19.5 Å². The minimum Gasteiger partial charge on any atom is -0.103 e. The molecule has 0 amide bonds. The van der Waals surface area contributed by atoms with Gasteiger partial charge < -0.3 is 0 Å². The summed E-state index contributed by atoms with van der Waals surface area (Å²) in [6, 6.07) is 0. The van der Waals surface area contributed by atoms with Gasteiger partial charge >= 0.3 is 0 Å². The topological polar surface area (TPSA) is 0 Å². The maximum Gasteiger partial charge on any atom is 0.00886 e. The van der Waals surface area contributed by atoms with Gasteiger partial charge in [-0.25, -0.2) is 0 Å². The summed E-state index contributed by atoms with van der Waals surface area (Å²) in [5.41, 5.74) is 0. The van der Waals surface area contributed by atoms with Crippen molar-refractivity contribution in [2.24, 2.45) is 0 Å². The van der Waals surface area contributed by atoms with Crippen molar-refractivity contribution in [3.8, 4) is 11.8 Å². The fraction of sp³-hybridized carbons (Fsp3) is 0.818. The summed E-state index contributed by atoms with van der Waals surface area (Å²) in [4.78, 5) is 0. The monoisotopic (exact) mass is 216 g/mol. The fourth-order valence-corrected chi connectivity index (χ4v) is 0.942. The van der Waals surface area contributed by atoms with Gasteiger partial charge in [0.1, 0.15) is 0 Å². The van der Waals surface area contributed by atoms with Gasteiger partial charge in [-0.2, -0.15) is 0 Å². The van der Waals surface area contributed by atoms with Crippen molar-refractivity contribution in [3.63, 3.8) is 0 Å². The van der Waals surface area contributed by atoms with Gasteiger partial charge in [-0.3, -0.25) is 0 Å². The quantitative estimate of drug-likeness (QED) is 0.374. The Labute approximate surface area is 90.3 Å². The fourth-order valence-electron chi connectivity index (χ4n) is 0.942. The minimum atomic E-state index is 0. The molecule has 0 aromatic carbocycles. The van der Waals surface area contributed by atoms with Crippen molar-refractivity contribution >= 4 is 0 Å².